The predicted octanol–water partition coefficient (Wildman–Crippen LogP) is 0.342. The molecule has 5 heteroatoms. The second kappa shape index (κ2) is 2.93. The highest BCUT2D eigenvalue weighted by atomic mass is 32.2. The number of hydrogen-bond acceptors (Lipinski definition) is 3. The van der Waals surface area contributed by atoms with Crippen LogP contribution >= 0.6 is 0 Å². The average Bonchev–Trinajstić information content (AvgIpc) is 2.66. The molecule has 0 N–H and O–H groups in total. The van der Waals surface area contributed by atoms with E-state index in [0.29, 0.717) is 31.7 Å². The Balaban J connectivity index is 1.77. The summed E-state index contributed by atoms with van der Waals surface area (Å²) in [7, 11) is -3.02. The minimum absolute atomic E-state index is 0.256. The maximum atomic E-state index is 12.1. The summed E-state index contributed by atoms with van der Waals surface area (Å²) in [6.07, 6.45) is 4.01. The van der Waals surface area contributed by atoms with E-state index in [1.807, 2.05) is 0 Å². The van der Waals surface area contributed by atoms with Gasteiger partial charge in [-0.15, -0.1) is 0 Å². The normalized spacial score (nSPS) is 46.6. The van der Waals surface area contributed by atoms with E-state index in [1.54, 1.807) is 4.31 Å². The van der Waals surface area contributed by atoms with Gasteiger partial charge in [-0.1, -0.05) is 6.42 Å². The standard InChI is InChI=1S/C9H15NO3S/c11-14(12,7-4-5-13-6-7)10-8-2-1-3-9(8)10/h7-9H,1-6H2/t7-,8-,9+,10?/m1/s1. The number of piperidine rings is 1. The maximum absolute atomic E-state index is 12.1. The molecule has 0 aromatic carbocycles. The summed E-state index contributed by atoms with van der Waals surface area (Å²) in [6.45, 7) is 1.01. The summed E-state index contributed by atoms with van der Waals surface area (Å²) in [6, 6.07) is 0.696. The van der Waals surface area contributed by atoms with E-state index >= 15 is 0 Å². The molecular formula is C9H15NO3S. The zero-order chi connectivity index (χ0) is 9.76. The van der Waals surface area contributed by atoms with Gasteiger partial charge < -0.3 is 4.74 Å². The van der Waals surface area contributed by atoms with Crippen molar-refractivity contribution in [2.45, 2.75) is 43.0 Å². The van der Waals surface area contributed by atoms with E-state index in [-0.39, 0.29) is 5.25 Å². The van der Waals surface area contributed by atoms with Crippen molar-refractivity contribution in [3.8, 4) is 0 Å². The van der Waals surface area contributed by atoms with Crippen LogP contribution in [-0.2, 0) is 14.8 Å². The number of ether oxygens (including phenoxy) is 1. The van der Waals surface area contributed by atoms with Gasteiger partial charge in [0, 0.05) is 18.7 Å². The molecule has 0 radical (unpaired) electrons. The van der Waals surface area contributed by atoms with E-state index in [9.17, 15) is 8.42 Å². The maximum Gasteiger partial charge on any atom is 0.219 e. The SMILES string of the molecule is O=S(=O)([C@@H]1CCOC1)N1[C@@H]2CCC[C@@H]21. The van der Waals surface area contributed by atoms with Gasteiger partial charge in [0.15, 0.2) is 0 Å². The number of fused-ring (bicyclic) bond motifs is 1. The third-order valence-electron chi connectivity index (χ3n) is 3.61. The number of nitrogens with zero attached hydrogens (tertiary/aromatic N) is 1. The minimum Gasteiger partial charge on any atom is -0.380 e. The van der Waals surface area contributed by atoms with Crippen LogP contribution in [0.4, 0.5) is 0 Å². The molecule has 3 rings (SSSR count). The topological polar surface area (TPSA) is 46.4 Å². The van der Waals surface area contributed by atoms with Crippen LogP contribution in [0.5, 0.6) is 0 Å². The molecule has 2 aliphatic heterocycles. The monoisotopic (exact) mass is 217 g/mol. The van der Waals surface area contributed by atoms with E-state index in [1.165, 1.54) is 6.42 Å². The highest BCUT2D eigenvalue weighted by Gasteiger charge is 2.58. The van der Waals surface area contributed by atoms with Gasteiger partial charge in [0.2, 0.25) is 10.0 Å². The van der Waals surface area contributed by atoms with Crippen molar-refractivity contribution in [3.63, 3.8) is 0 Å². The molecule has 4 atom stereocenters. The number of rotatable bonds is 2. The second-order valence-corrected chi connectivity index (χ2v) is 6.54. The Labute approximate surface area is 84.3 Å². The molecule has 3 aliphatic rings. The zero-order valence-corrected chi connectivity index (χ0v) is 8.87. The molecule has 3 fully saturated rings. The minimum atomic E-state index is -3.02. The lowest BCUT2D eigenvalue weighted by atomic mass is 10.3. The Morgan fingerprint density at radius 1 is 1.14 bits per heavy atom. The average molecular weight is 217 g/mol. The van der Waals surface area contributed by atoms with Gasteiger partial charge in [-0.05, 0) is 19.3 Å². The van der Waals surface area contributed by atoms with Crippen molar-refractivity contribution in [3.05, 3.63) is 0 Å². The molecule has 1 unspecified atom stereocenters. The fourth-order valence-corrected chi connectivity index (χ4v) is 4.98. The molecule has 80 valence electrons. The summed E-state index contributed by atoms with van der Waals surface area (Å²) < 4.78 is 31.0. The quantitative estimate of drug-likeness (QED) is 0.627. The van der Waals surface area contributed by atoms with Crippen LogP contribution in [0.25, 0.3) is 0 Å². The zero-order valence-electron chi connectivity index (χ0n) is 8.05. The molecule has 0 spiro atoms. The first-order valence-electron chi connectivity index (χ1n) is 5.31. The van der Waals surface area contributed by atoms with E-state index in [0.717, 1.165) is 12.8 Å². The van der Waals surface area contributed by atoms with Crippen LogP contribution < -0.4 is 0 Å². The predicted molar refractivity (Wildman–Crippen MR) is 51.4 cm³/mol. The fraction of sp³-hybridized carbons (Fsp3) is 1.00. The summed E-state index contributed by atoms with van der Waals surface area (Å²) in [5.41, 5.74) is 0. The van der Waals surface area contributed by atoms with Gasteiger partial charge in [0.25, 0.3) is 0 Å². The Morgan fingerprint density at radius 3 is 2.43 bits per heavy atom. The first-order valence-corrected chi connectivity index (χ1v) is 6.81. The van der Waals surface area contributed by atoms with Gasteiger partial charge in [0.1, 0.15) is 5.25 Å². The van der Waals surface area contributed by atoms with E-state index < -0.39 is 10.0 Å². The molecule has 4 nitrogen and oxygen atoms in total. The first kappa shape index (κ1) is 9.12. The third-order valence-corrected chi connectivity index (χ3v) is 5.95. The molecule has 2 saturated heterocycles. The summed E-state index contributed by atoms with van der Waals surface area (Å²) in [5.74, 6) is 0. The van der Waals surface area contributed by atoms with Gasteiger partial charge in [-0.2, -0.15) is 4.31 Å². The molecule has 0 amide bonds. The third kappa shape index (κ3) is 1.15. The second-order valence-electron chi connectivity index (χ2n) is 4.43. The highest BCUT2D eigenvalue weighted by molar-refractivity contribution is 7.90. The number of hydrogen-bond donors (Lipinski definition) is 0. The lowest BCUT2D eigenvalue weighted by Crippen LogP contribution is -2.30. The highest BCUT2D eigenvalue weighted by Crippen LogP contribution is 2.46. The number of sulfonamides is 1. The Morgan fingerprint density at radius 2 is 1.86 bits per heavy atom. The van der Waals surface area contributed by atoms with Crippen LogP contribution in [-0.4, -0.2) is 43.3 Å². The van der Waals surface area contributed by atoms with Gasteiger partial charge in [-0.3, -0.25) is 0 Å². The molecule has 0 aromatic rings. The molecule has 1 aliphatic carbocycles. The largest absolute Gasteiger partial charge is 0.380 e. The van der Waals surface area contributed by atoms with Crippen molar-refractivity contribution >= 4 is 10.0 Å². The molecule has 14 heavy (non-hydrogen) atoms. The molecule has 0 aromatic heterocycles. The Bertz CT molecular complexity index is 324. The fourth-order valence-electron chi connectivity index (χ4n) is 2.78. The summed E-state index contributed by atoms with van der Waals surface area (Å²) >= 11 is 0. The van der Waals surface area contributed by atoms with E-state index in [4.69, 9.17) is 4.74 Å². The Kier molecular flexibility index (Phi) is 1.91. The van der Waals surface area contributed by atoms with Crippen molar-refractivity contribution < 1.29 is 13.2 Å². The molecule has 0 bridgehead atoms. The molecule has 2 heterocycles. The van der Waals surface area contributed by atoms with Crippen molar-refractivity contribution in [1.29, 1.82) is 0 Å². The van der Waals surface area contributed by atoms with Crippen molar-refractivity contribution in [1.82, 2.24) is 4.31 Å². The van der Waals surface area contributed by atoms with Crippen molar-refractivity contribution in [2.24, 2.45) is 0 Å². The first-order chi connectivity index (χ1) is 6.71. The van der Waals surface area contributed by atoms with Crippen LogP contribution in [0, 0.1) is 0 Å². The molecule has 1 saturated carbocycles. The summed E-state index contributed by atoms with van der Waals surface area (Å²) in [5, 5.41) is -0.256. The molecular weight excluding hydrogens is 202 g/mol. The van der Waals surface area contributed by atoms with Crippen molar-refractivity contribution in [2.75, 3.05) is 13.2 Å². The van der Waals surface area contributed by atoms with Crippen LogP contribution in [0.2, 0.25) is 0 Å². The van der Waals surface area contributed by atoms with E-state index in [2.05, 4.69) is 0 Å². The summed E-state index contributed by atoms with van der Waals surface area (Å²) in [4.78, 5) is 0. The van der Waals surface area contributed by atoms with Gasteiger partial charge >= 0.3 is 0 Å². The smallest absolute Gasteiger partial charge is 0.219 e. The Hall–Kier alpha value is -0.130. The van der Waals surface area contributed by atoms with Crippen LogP contribution in [0.3, 0.4) is 0 Å². The van der Waals surface area contributed by atoms with Crippen LogP contribution in [0.15, 0.2) is 0 Å². The van der Waals surface area contributed by atoms with Gasteiger partial charge in [0.05, 0.1) is 6.61 Å². The van der Waals surface area contributed by atoms with Gasteiger partial charge in [-0.25, -0.2) is 8.42 Å². The van der Waals surface area contributed by atoms with Crippen LogP contribution in [0.1, 0.15) is 25.7 Å². The lowest BCUT2D eigenvalue weighted by molar-refractivity contribution is 0.198. The lowest BCUT2D eigenvalue weighted by Gasteiger charge is -2.13.